The number of nitrogens with one attached hydrogen (secondary N) is 2. The van der Waals surface area contributed by atoms with E-state index in [1.165, 1.54) is 16.7 Å². The molecule has 0 amide bonds. The summed E-state index contributed by atoms with van der Waals surface area (Å²) in [7, 11) is 0. The normalized spacial score (nSPS) is 10.7. The van der Waals surface area contributed by atoms with Crippen molar-refractivity contribution < 1.29 is 0 Å². The maximum atomic E-state index is 4.15. The molecule has 17 heavy (non-hydrogen) atoms. The zero-order valence-electron chi connectivity index (χ0n) is 10.5. The third kappa shape index (κ3) is 2.74. The largest absolute Gasteiger partial charge is 0.313 e. The molecule has 0 spiro atoms. The van der Waals surface area contributed by atoms with Gasteiger partial charge in [-0.05, 0) is 25.5 Å². The molecule has 0 unspecified atom stereocenters. The summed E-state index contributed by atoms with van der Waals surface area (Å²) in [4.78, 5) is 0. The topological polar surface area (TPSA) is 40.7 Å². The van der Waals surface area contributed by atoms with Crippen LogP contribution < -0.4 is 5.32 Å². The third-order valence-electron chi connectivity index (χ3n) is 2.87. The second-order valence-corrected chi connectivity index (χ2v) is 4.26. The van der Waals surface area contributed by atoms with Gasteiger partial charge in [0.05, 0.1) is 11.9 Å². The van der Waals surface area contributed by atoms with E-state index in [0.29, 0.717) is 0 Å². The molecular weight excluding hydrogens is 210 g/mol. The smallest absolute Gasteiger partial charge is 0.0697 e. The fraction of sp³-hybridized carbons (Fsp3) is 0.357. The standard InChI is InChI=1S/C14H19N3/c1-3-8-15-9-12-10-16-17-14(12)13-7-5-4-6-11(13)2/h4-7,10,15H,3,8-9H2,1-2H3,(H,16,17). The van der Waals surface area contributed by atoms with E-state index in [1.54, 1.807) is 0 Å². The van der Waals surface area contributed by atoms with Crippen molar-refractivity contribution in [1.82, 2.24) is 15.5 Å². The minimum Gasteiger partial charge on any atom is -0.313 e. The predicted molar refractivity (Wildman–Crippen MR) is 70.8 cm³/mol. The first-order valence-corrected chi connectivity index (χ1v) is 6.12. The first kappa shape index (κ1) is 11.9. The van der Waals surface area contributed by atoms with E-state index in [4.69, 9.17) is 0 Å². The van der Waals surface area contributed by atoms with Crippen molar-refractivity contribution in [3.05, 3.63) is 41.6 Å². The molecule has 0 aliphatic rings. The molecule has 1 heterocycles. The lowest BCUT2D eigenvalue weighted by molar-refractivity contribution is 0.676. The Morgan fingerprint density at radius 3 is 2.88 bits per heavy atom. The fourth-order valence-corrected chi connectivity index (χ4v) is 1.93. The van der Waals surface area contributed by atoms with Crippen LogP contribution in [0.4, 0.5) is 0 Å². The van der Waals surface area contributed by atoms with E-state index in [2.05, 4.69) is 53.6 Å². The Morgan fingerprint density at radius 2 is 2.12 bits per heavy atom. The van der Waals surface area contributed by atoms with E-state index in [0.717, 1.165) is 25.2 Å². The number of aromatic amines is 1. The van der Waals surface area contributed by atoms with Crippen molar-refractivity contribution >= 4 is 0 Å². The van der Waals surface area contributed by atoms with Gasteiger partial charge >= 0.3 is 0 Å². The molecule has 0 aliphatic carbocycles. The zero-order valence-corrected chi connectivity index (χ0v) is 10.5. The Balaban J connectivity index is 2.22. The van der Waals surface area contributed by atoms with Gasteiger partial charge in [-0.2, -0.15) is 5.10 Å². The van der Waals surface area contributed by atoms with Crippen molar-refractivity contribution in [2.24, 2.45) is 0 Å². The van der Waals surface area contributed by atoms with Gasteiger partial charge in [-0.1, -0.05) is 31.2 Å². The number of H-pyrrole nitrogens is 1. The molecule has 3 heteroatoms. The van der Waals surface area contributed by atoms with E-state index in [1.807, 2.05) is 6.20 Å². The highest BCUT2D eigenvalue weighted by molar-refractivity contribution is 5.66. The highest BCUT2D eigenvalue weighted by Gasteiger charge is 2.08. The molecule has 1 aromatic heterocycles. The SMILES string of the molecule is CCCNCc1cn[nH]c1-c1ccccc1C. The summed E-state index contributed by atoms with van der Waals surface area (Å²) in [6.07, 6.45) is 3.06. The van der Waals surface area contributed by atoms with Crippen LogP contribution in [0, 0.1) is 6.92 Å². The van der Waals surface area contributed by atoms with Gasteiger partial charge in [-0.3, -0.25) is 5.10 Å². The van der Waals surface area contributed by atoms with Crippen molar-refractivity contribution in [2.75, 3.05) is 6.54 Å². The molecule has 2 N–H and O–H groups in total. The summed E-state index contributed by atoms with van der Waals surface area (Å²) in [6.45, 7) is 6.20. The summed E-state index contributed by atoms with van der Waals surface area (Å²) >= 11 is 0. The lowest BCUT2D eigenvalue weighted by Gasteiger charge is -2.07. The van der Waals surface area contributed by atoms with Crippen LogP contribution in [0.5, 0.6) is 0 Å². The molecule has 0 atom stereocenters. The Morgan fingerprint density at radius 1 is 1.29 bits per heavy atom. The van der Waals surface area contributed by atoms with E-state index in [9.17, 15) is 0 Å². The van der Waals surface area contributed by atoms with Crippen molar-refractivity contribution in [1.29, 1.82) is 0 Å². The molecule has 0 fully saturated rings. The average Bonchev–Trinajstić information content (AvgIpc) is 2.78. The van der Waals surface area contributed by atoms with E-state index < -0.39 is 0 Å². The van der Waals surface area contributed by atoms with Crippen molar-refractivity contribution in [3.63, 3.8) is 0 Å². The van der Waals surface area contributed by atoms with Crippen molar-refractivity contribution in [3.8, 4) is 11.3 Å². The fourth-order valence-electron chi connectivity index (χ4n) is 1.93. The maximum Gasteiger partial charge on any atom is 0.0697 e. The van der Waals surface area contributed by atoms with Crippen LogP contribution >= 0.6 is 0 Å². The zero-order chi connectivity index (χ0) is 12.1. The minimum absolute atomic E-state index is 0.869. The predicted octanol–water partition coefficient (Wildman–Crippen LogP) is 2.88. The summed E-state index contributed by atoms with van der Waals surface area (Å²) in [5.74, 6) is 0. The molecule has 2 aromatic rings. The van der Waals surface area contributed by atoms with Gasteiger partial charge in [0.1, 0.15) is 0 Å². The number of nitrogens with zero attached hydrogens (tertiary/aromatic N) is 1. The number of aryl methyl sites for hydroxylation is 1. The van der Waals surface area contributed by atoms with Gasteiger partial charge in [-0.25, -0.2) is 0 Å². The van der Waals surface area contributed by atoms with Gasteiger partial charge in [0.2, 0.25) is 0 Å². The molecule has 0 aliphatic heterocycles. The molecule has 3 nitrogen and oxygen atoms in total. The van der Waals surface area contributed by atoms with Gasteiger partial charge in [0, 0.05) is 17.7 Å². The summed E-state index contributed by atoms with van der Waals surface area (Å²) < 4.78 is 0. The van der Waals surface area contributed by atoms with E-state index >= 15 is 0 Å². The van der Waals surface area contributed by atoms with Crippen LogP contribution in [0.15, 0.2) is 30.5 Å². The monoisotopic (exact) mass is 229 g/mol. The second-order valence-electron chi connectivity index (χ2n) is 4.26. The van der Waals surface area contributed by atoms with Gasteiger partial charge in [0.15, 0.2) is 0 Å². The lowest BCUT2D eigenvalue weighted by Crippen LogP contribution is -2.13. The molecule has 2 rings (SSSR count). The van der Waals surface area contributed by atoms with Crippen LogP contribution in [0.3, 0.4) is 0 Å². The van der Waals surface area contributed by atoms with Crippen molar-refractivity contribution in [2.45, 2.75) is 26.8 Å². The number of hydrogen-bond donors (Lipinski definition) is 2. The van der Waals surface area contributed by atoms with Crippen LogP contribution in [-0.2, 0) is 6.54 Å². The average molecular weight is 229 g/mol. The summed E-state index contributed by atoms with van der Waals surface area (Å²) in [5.41, 5.74) is 4.87. The first-order chi connectivity index (χ1) is 8.33. The highest BCUT2D eigenvalue weighted by atomic mass is 15.1. The Bertz CT molecular complexity index is 474. The van der Waals surface area contributed by atoms with Crippen LogP contribution in [-0.4, -0.2) is 16.7 Å². The van der Waals surface area contributed by atoms with Crippen LogP contribution in [0.1, 0.15) is 24.5 Å². The summed E-state index contributed by atoms with van der Waals surface area (Å²) in [5, 5.41) is 10.7. The molecular formula is C14H19N3. The van der Waals surface area contributed by atoms with Gasteiger partial charge in [-0.15, -0.1) is 0 Å². The molecule has 0 saturated heterocycles. The minimum atomic E-state index is 0.869. The molecule has 0 bridgehead atoms. The summed E-state index contributed by atoms with van der Waals surface area (Å²) in [6, 6.07) is 8.38. The quantitative estimate of drug-likeness (QED) is 0.774. The Labute approximate surface area is 102 Å². The van der Waals surface area contributed by atoms with Gasteiger partial charge in [0.25, 0.3) is 0 Å². The molecule has 90 valence electrons. The van der Waals surface area contributed by atoms with Crippen LogP contribution in [0.2, 0.25) is 0 Å². The maximum absolute atomic E-state index is 4.15. The van der Waals surface area contributed by atoms with E-state index in [-0.39, 0.29) is 0 Å². The molecule has 0 saturated carbocycles. The lowest BCUT2D eigenvalue weighted by atomic mass is 10.0. The first-order valence-electron chi connectivity index (χ1n) is 6.12. The van der Waals surface area contributed by atoms with Gasteiger partial charge < -0.3 is 5.32 Å². The highest BCUT2D eigenvalue weighted by Crippen LogP contribution is 2.24. The number of aromatic nitrogens is 2. The Hall–Kier alpha value is -1.61. The Kier molecular flexibility index (Phi) is 3.94. The molecule has 0 radical (unpaired) electrons. The number of rotatable bonds is 5. The molecule has 1 aromatic carbocycles. The third-order valence-corrected chi connectivity index (χ3v) is 2.87. The number of hydrogen-bond acceptors (Lipinski definition) is 2. The van der Waals surface area contributed by atoms with Crippen LogP contribution in [0.25, 0.3) is 11.3 Å². The number of benzene rings is 1. The second kappa shape index (κ2) is 5.64.